The van der Waals surface area contributed by atoms with E-state index in [9.17, 15) is 4.79 Å². The highest BCUT2D eigenvalue weighted by Gasteiger charge is 2.32. The van der Waals surface area contributed by atoms with E-state index in [2.05, 4.69) is 52.9 Å². The molecule has 3 aromatic rings. The Morgan fingerprint density at radius 1 is 1.12 bits per heavy atom. The fourth-order valence-electron chi connectivity index (χ4n) is 3.80. The minimum Gasteiger partial charge on any atom is -0.353 e. The maximum absolute atomic E-state index is 12.8. The fourth-order valence-corrected chi connectivity index (χ4v) is 5.15. The van der Waals surface area contributed by atoms with Crippen molar-refractivity contribution in [2.75, 3.05) is 18.9 Å². The molecule has 0 saturated carbocycles. The number of amides is 1. The molecule has 0 fully saturated rings. The summed E-state index contributed by atoms with van der Waals surface area (Å²) >= 11 is 1.73. The molecule has 5 heteroatoms. The number of carbonyl (C=O) groups is 1. The largest absolute Gasteiger partial charge is 0.353 e. The number of fused-ring (bicyclic) bond motifs is 4. The summed E-state index contributed by atoms with van der Waals surface area (Å²) in [5.41, 5.74) is 3.19. The third-order valence-corrected chi connectivity index (χ3v) is 6.28. The monoisotopic (exact) mass is 349 g/mol. The molecule has 126 valence electrons. The van der Waals surface area contributed by atoms with Crippen LogP contribution in [0.25, 0.3) is 10.8 Å². The summed E-state index contributed by atoms with van der Waals surface area (Å²) in [5, 5.41) is 10.1. The van der Waals surface area contributed by atoms with Gasteiger partial charge >= 0.3 is 0 Å². The zero-order valence-corrected chi connectivity index (χ0v) is 14.8. The standard InChI is InChI=1S/C20H19N3OS/c1-23-9-8-15-16(11-23)25-20-17(15)19(24)21-18(22-20)14-7-6-12-4-2-3-5-13(12)10-14/h2-7,10,18,22H,8-9,11H2,1H3,(H,21,24). The number of hydrogen-bond acceptors (Lipinski definition) is 4. The van der Waals surface area contributed by atoms with E-state index in [1.54, 1.807) is 11.3 Å². The van der Waals surface area contributed by atoms with Crippen LogP contribution < -0.4 is 10.6 Å². The van der Waals surface area contributed by atoms with Crippen LogP contribution in [0.5, 0.6) is 0 Å². The number of nitrogens with zero attached hydrogens (tertiary/aromatic N) is 1. The number of nitrogens with one attached hydrogen (secondary N) is 2. The van der Waals surface area contributed by atoms with E-state index in [0.29, 0.717) is 0 Å². The molecule has 25 heavy (non-hydrogen) atoms. The Labute approximate surface area is 150 Å². The molecule has 0 saturated heterocycles. The topological polar surface area (TPSA) is 44.4 Å². The van der Waals surface area contributed by atoms with E-state index >= 15 is 0 Å². The van der Waals surface area contributed by atoms with E-state index in [-0.39, 0.29) is 12.1 Å². The first kappa shape index (κ1) is 14.9. The van der Waals surface area contributed by atoms with Crippen LogP contribution in [0.1, 0.15) is 32.5 Å². The summed E-state index contributed by atoms with van der Waals surface area (Å²) in [6.45, 7) is 1.94. The van der Waals surface area contributed by atoms with Crippen molar-refractivity contribution in [1.29, 1.82) is 0 Å². The van der Waals surface area contributed by atoms with Crippen LogP contribution in [-0.4, -0.2) is 24.4 Å². The van der Waals surface area contributed by atoms with Gasteiger partial charge in [0.05, 0.1) is 5.56 Å². The number of rotatable bonds is 1. The molecule has 4 nitrogen and oxygen atoms in total. The maximum atomic E-state index is 12.8. The van der Waals surface area contributed by atoms with Crippen molar-refractivity contribution in [3.8, 4) is 0 Å². The predicted molar refractivity (Wildman–Crippen MR) is 102 cm³/mol. The van der Waals surface area contributed by atoms with Crippen LogP contribution >= 0.6 is 11.3 Å². The molecule has 3 heterocycles. The van der Waals surface area contributed by atoms with E-state index < -0.39 is 0 Å². The molecule has 1 amide bonds. The number of benzene rings is 2. The number of carbonyl (C=O) groups excluding carboxylic acids is 1. The third kappa shape index (κ3) is 2.42. The molecular weight excluding hydrogens is 330 g/mol. The molecule has 2 aliphatic heterocycles. The zero-order valence-electron chi connectivity index (χ0n) is 14.0. The maximum Gasteiger partial charge on any atom is 0.256 e. The van der Waals surface area contributed by atoms with Gasteiger partial charge in [-0.3, -0.25) is 4.79 Å². The number of likely N-dealkylation sites (N-methyl/N-ethyl adjacent to an activating group) is 1. The summed E-state index contributed by atoms with van der Waals surface area (Å²) in [5.74, 6) is 0.0500. The molecule has 2 N–H and O–H groups in total. The molecule has 0 radical (unpaired) electrons. The van der Waals surface area contributed by atoms with Gasteiger partial charge in [0, 0.05) is 18.0 Å². The van der Waals surface area contributed by atoms with Gasteiger partial charge in [0.15, 0.2) is 0 Å². The first-order valence-corrected chi connectivity index (χ1v) is 9.40. The zero-order chi connectivity index (χ0) is 17.0. The van der Waals surface area contributed by atoms with Crippen molar-refractivity contribution in [1.82, 2.24) is 10.2 Å². The molecule has 2 aromatic carbocycles. The van der Waals surface area contributed by atoms with Crippen molar-refractivity contribution < 1.29 is 4.79 Å². The van der Waals surface area contributed by atoms with Crippen LogP contribution in [0.15, 0.2) is 42.5 Å². The average molecular weight is 349 g/mol. The smallest absolute Gasteiger partial charge is 0.256 e. The minimum atomic E-state index is -0.178. The van der Waals surface area contributed by atoms with Gasteiger partial charge < -0.3 is 15.5 Å². The van der Waals surface area contributed by atoms with E-state index in [4.69, 9.17) is 0 Å². The van der Waals surface area contributed by atoms with Gasteiger partial charge in [0.25, 0.3) is 5.91 Å². The summed E-state index contributed by atoms with van der Waals surface area (Å²) in [6, 6.07) is 14.7. The minimum absolute atomic E-state index is 0.0500. The molecule has 5 rings (SSSR count). The second kappa shape index (κ2) is 5.58. The average Bonchev–Trinajstić information content (AvgIpc) is 2.99. The highest BCUT2D eigenvalue weighted by atomic mass is 32.1. The van der Waals surface area contributed by atoms with Crippen molar-refractivity contribution >= 4 is 33.0 Å². The SMILES string of the molecule is CN1CCc2c(sc3c2C(=O)NC(c2ccc4ccccc4c2)N3)C1. The second-order valence-corrected chi connectivity index (χ2v) is 7.96. The Balaban J connectivity index is 1.52. The Morgan fingerprint density at radius 3 is 2.84 bits per heavy atom. The van der Waals surface area contributed by atoms with Gasteiger partial charge in [-0.25, -0.2) is 0 Å². The Kier molecular flexibility index (Phi) is 3.33. The molecule has 1 aromatic heterocycles. The van der Waals surface area contributed by atoms with Crippen molar-refractivity contribution in [3.63, 3.8) is 0 Å². The van der Waals surface area contributed by atoms with E-state index in [0.717, 1.165) is 35.6 Å². The quantitative estimate of drug-likeness (QED) is 0.703. The summed E-state index contributed by atoms with van der Waals surface area (Å²) in [7, 11) is 2.13. The number of anilines is 1. The van der Waals surface area contributed by atoms with Gasteiger partial charge in [-0.1, -0.05) is 36.4 Å². The Bertz CT molecular complexity index is 994. The van der Waals surface area contributed by atoms with Gasteiger partial charge in [0.1, 0.15) is 11.2 Å². The van der Waals surface area contributed by atoms with Gasteiger partial charge in [0.2, 0.25) is 0 Å². The van der Waals surface area contributed by atoms with Crippen LogP contribution in [0.3, 0.4) is 0 Å². The van der Waals surface area contributed by atoms with Crippen molar-refractivity contribution in [3.05, 3.63) is 64.0 Å². The van der Waals surface area contributed by atoms with Gasteiger partial charge in [-0.05, 0) is 41.4 Å². The second-order valence-electron chi connectivity index (χ2n) is 6.85. The molecule has 0 bridgehead atoms. The first-order chi connectivity index (χ1) is 12.2. The van der Waals surface area contributed by atoms with Crippen LogP contribution in [0.4, 0.5) is 5.00 Å². The molecular formula is C20H19N3OS. The van der Waals surface area contributed by atoms with Gasteiger partial charge in [-0.15, -0.1) is 11.3 Å². The third-order valence-electron chi connectivity index (χ3n) is 5.13. The molecule has 0 aliphatic carbocycles. The van der Waals surface area contributed by atoms with E-state index in [1.165, 1.54) is 21.2 Å². The van der Waals surface area contributed by atoms with Crippen LogP contribution in [0, 0.1) is 0 Å². The molecule has 0 spiro atoms. The van der Waals surface area contributed by atoms with Crippen LogP contribution in [-0.2, 0) is 13.0 Å². The molecule has 2 aliphatic rings. The fraction of sp³-hybridized carbons (Fsp3) is 0.250. The molecule has 1 unspecified atom stereocenters. The van der Waals surface area contributed by atoms with Crippen molar-refractivity contribution in [2.24, 2.45) is 0 Å². The normalized spacial score (nSPS) is 19.9. The van der Waals surface area contributed by atoms with E-state index in [1.807, 2.05) is 12.1 Å². The van der Waals surface area contributed by atoms with Crippen molar-refractivity contribution in [2.45, 2.75) is 19.1 Å². The summed E-state index contributed by atoms with van der Waals surface area (Å²) in [6.07, 6.45) is 0.773. The first-order valence-electron chi connectivity index (χ1n) is 8.58. The number of thiophene rings is 1. The number of hydrogen-bond donors (Lipinski definition) is 2. The summed E-state index contributed by atoms with van der Waals surface area (Å²) in [4.78, 5) is 16.4. The highest BCUT2D eigenvalue weighted by Crippen LogP contribution is 2.40. The summed E-state index contributed by atoms with van der Waals surface area (Å²) < 4.78 is 0. The lowest BCUT2D eigenvalue weighted by molar-refractivity contribution is 0.0935. The highest BCUT2D eigenvalue weighted by molar-refractivity contribution is 7.16. The van der Waals surface area contributed by atoms with Gasteiger partial charge in [-0.2, -0.15) is 0 Å². The van der Waals surface area contributed by atoms with Crippen LogP contribution in [0.2, 0.25) is 0 Å². The lowest BCUT2D eigenvalue weighted by atomic mass is 10.00. The lowest BCUT2D eigenvalue weighted by Gasteiger charge is -2.27. The predicted octanol–water partition coefficient (Wildman–Crippen LogP) is 3.74. The molecule has 1 atom stereocenters. The Morgan fingerprint density at radius 2 is 1.96 bits per heavy atom. The Hall–Kier alpha value is -2.37. The lowest BCUT2D eigenvalue weighted by Crippen LogP contribution is -2.38.